The van der Waals surface area contributed by atoms with Crippen molar-refractivity contribution in [2.45, 2.75) is 33.4 Å². The first-order chi connectivity index (χ1) is 13.4. The molecule has 1 heterocycles. The molecule has 5 heteroatoms. The van der Waals surface area contributed by atoms with E-state index in [-0.39, 0.29) is 5.91 Å². The molecule has 0 N–H and O–H groups in total. The number of likely N-dealkylation sites (N-methyl/N-ethyl adjacent to an activating group) is 1. The maximum atomic E-state index is 12.8. The van der Waals surface area contributed by atoms with E-state index in [0.29, 0.717) is 17.8 Å². The second-order valence-corrected chi connectivity index (χ2v) is 6.94. The Bertz CT molecular complexity index is 1020. The summed E-state index contributed by atoms with van der Waals surface area (Å²) in [6, 6.07) is 17.3. The SMILES string of the molecule is Cc1nc2ccccc2c(C)c1C(=O)O[C@@H](C)C(=O)N(C)Cc1ccccc1. The third-order valence-corrected chi connectivity index (χ3v) is 4.81. The van der Waals surface area contributed by atoms with Gasteiger partial charge in [-0.05, 0) is 38.0 Å². The molecule has 1 aromatic heterocycles. The van der Waals surface area contributed by atoms with Crippen molar-refractivity contribution in [3.05, 3.63) is 77.0 Å². The van der Waals surface area contributed by atoms with Crippen LogP contribution in [0.4, 0.5) is 0 Å². The Balaban J connectivity index is 1.75. The smallest absolute Gasteiger partial charge is 0.341 e. The molecule has 28 heavy (non-hydrogen) atoms. The lowest BCUT2D eigenvalue weighted by Gasteiger charge is -2.22. The molecule has 2 aromatic carbocycles. The maximum Gasteiger partial charge on any atom is 0.341 e. The van der Waals surface area contributed by atoms with E-state index in [1.54, 1.807) is 25.8 Å². The summed E-state index contributed by atoms with van der Waals surface area (Å²) < 4.78 is 5.50. The minimum atomic E-state index is -0.883. The molecule has 0 unspecified atom stereocenters. The molecule has 0 radical (unpaired) electrons. The number of carbonyl (C=O) groups excluding carboxylic acids is 2. The van der Waals surface area contributed by atoms with Crippen LogP contribution in [0.2, 0.25) is 0 Å². The summed E-state index contributed by atoms with van der Waals surface area (Å²) in [4.78, 5) is 31.5. The third-order valence-electron chi connectivity index (χ3n) is 4.81. The first-order valence-electron chi connectivity index (χ1n) is 9.24. The number of fused-ring (bicyclic) bond motifs is 1. The predicted octanol–water partition coefficient (Wildman–Crippen LogP) is 4.06. The number of ether oxygens (including phenoxy) is 1. The molecule has 3 rings (SSSR count). The van der Waals surface area contributed by atoms with E-state index in [1.807, 2.05) is 61.5 Å². The maximum absolute atomic E-state index is 12.8. The van der Waals surface area contributed by atoms with Crippen LogP contribution in [-0.4, -0.2) is 34.9 Å². The van der Waals surface area contributed by atoms with Gasteiger partial charge in [0.15, 0.2) is 6.10 Å². The van der Waals surface area contributed by atoms with Crippen molar-refractivity contribution in [2.24, 2.45) is 0 Å². The molecule has 1 atom stereocenters. The zero-order valence-corrected chi connectivity index (χ0v) is 16.6. The highest BCUT2D eigenvalue weighted by Crippen LogP contribution is 2.23. The topological polar surface area (TPSA) is 59.5 Å². The fourth-order valence-corrected chi connectivity index (χ4v) is 3.35. The van der Waals surface area contributed by atoms with E-state index < -0.39 is 12.1 Å². The number of amides is 1. The molecular weight excluding hydrogens is 352 g/mol. The van der Waals surface area contributed by atoms with Gasteiger partial charge in [0.25, 0.3) is 5.91 Å². The fourth-order valence-electron chi connectivity index (χ4n) is 3.35. The van der Waals surface area contributed by atoms with Gasteiger partial charge in [-0.25, -0.2) is 4.79 Å². The lowest BCUT2D eigenvalue weighted by Crippen LogP contribution is -2.37. The molecule has 3 aromatic rings. The Labute approximate surface area is 165 Å². The summed E-state index contributed by atoms with van der Waals surface area (Å²) in [5.74, 6) is -0.775. The van der Waals surface area contributed by atoms with Crippen LogP contribution in [0.1, 0.15) is 34.1 Å². The Morgan fingerprint density at radius 3 is 2.39 bits per heavy atom. The number of aromatic nitrogens is 1. The van der Waals surface area contributed by atoms with Gasteiger partial charge < -0.3 is 9.64 Å². The van der Waals surface area contributed by atoms with E-state index in [2.05, 4.69) is 4.98 Å². The Morgan fingerprint density at radius 2 is 1.68 bits per heavy atom. The molecule has 0 aliphatic carbocycles. The zero-order valence-electron chi connectivity index (χ0n) is 16.6. The Hall–Kier alpha value is -3.21. The fraction of sp³-hybridized carbons (Fsp3) is 0.261. The van der Waals surface area contributed by atoms with Crippen molar-refractivity contribution in [1.29, 1.82) is 0 Å². The average Bonchev–Trinajstić information content (AvgIpc) is 2.68. The van der Waals surface area contributed by atoms with Crippen LogP contribution in [-0.2, 0) is 16.1 Å². The molecular formula is C23H24N2O3. The molecule has 144 valence electrons. The predicted molar refractivity (Wildman–Crippen MR) is 109 cm³/mol. The number of esters is 1. The van der Waals surface area contributed by atoms with Gasteiger partial charge in [0, 0.05) is 19.0 Å². The van der Waals surface area contributed by atoms with Crippen molar-refractivity contribution in [2.75, 3.05) is 7.05 Å². The minimum absolute atomic E-state index is 0.249. The first-order valence-corrected chi connectivity index (χ1v) is 9.24. The number of rotatable bonds is 5. The van der Waals surface area contributed by atoms with Crippen molar-refractivity contribution in [3.8, 4) is 0 Å². The lowest BCUT2D eigenvalue weighted by molar-refractivity contribution is -0.139. The molecule has 1 amide bonds. The van der Waals surface area contributed by atoms with Crippen LogP contribution in [0, 0.1) is 13.8 Å². The number of para-hydroxylation sites is 1. The van der Waals surface area contributed by atoms with Crippen molar-refractivity contribution in [1.82, 2.24) is 9.88 Å². The van der Waals surface area contributed by atoms with Crippen LogP contribution in [0.15, 0.2) is 54.6 Å². The van der Waals surface area contributed by atoms with Crippen LogP contribution in [0.5, 0.6) is 0 Å². The van der Waals surface area contributed by atoms with Crippen molar-refractivity contribution in [3.63, 3.8) is 0 Å². The molecule has 0 bridgehead atoms. The monoisotopic (exact) mass is 376 g/mol. The van der Waals surface area contributed by atoms with Gasteiger partial charge >= 0.3 is 5.97 Å². The average molecular weight is 376 g/mol. The number of pyridine rings is 1. The number of benzene rings is 2. The quantitative estimate of drug-likeness (QED) is 0.630. The van der Waals surface area contributed by atoms with Crippen LogP contribution >= 0.6 is 0 Å². The largest absolute Gasteiger partial charge is 0.449 e. The minimum Gasteiger partial charge on any atom is -0.449 e. The first kappa shape index (κ1) is 19.5. The zero-order chi connectivity index (χ0) is 20.3. The van der Waals surface area contributed by atoms with E-state index >= 15 is 0 Å². The van der Waals surface area contributed by atoms with Gasteiger partial charge in [0.2, 0.25) is 0 Å². The highest BCUT2D eigenvalue weighted by atomic mass is 16.5. The van der Waals surface area contributed by atoms with Crippen LogP contribution in [0.3, 0.4) is 0 Å². The summed E-state index contributed by atoms with van der Waals surface area (Å²) in [7, 11) is 1.70. The van der Waals surface area contributed by atoms with Crippen LogP contribution in [0.25, 0.3) is 10.9 Å². The van der Waals surface area contributed by atoms with Gasteiger partial charge in [0.1, 0.15) is 0 Å². The number of hydrogen-bond donors (Lipinski definition) is 0. The molecule has 0 fully saturated rings. The van der Waals surface area contributed by atoms with Crippen molar-refractivity contribution >= 4 is 22.8 Å². The summed E-state index contributed by atoms with van der Waals surface area (Å²) >= 11 is 0. The Morgan fingerprint density at radius 1 is 1.04 bits per heavy atom. The van der Waals surface area contributed by atoms with Crippen molar-refractivity contribution < 1.29 is 14.3 Å². The van der Waals surface area contributed by atoms with Gasteiger partial charge in [0.05, 0.1) is 16.8 Å². The Kier molecular flexibility index (Phi) is 5.73. The number of hydrogen-bond acceptors (Lipinski definition) is 4. The molecule has 0 spiro atoms. The lowest BCUT2D eigenvalue weighted by atomic mass is 10.0. The van der Waals surface area contributed by atoms with E-state index in [1.165, 1.54) is 0 Å². The standard InChI is InChI=1S/C23H24N2O3/c1-15-19-12-8-9-13-20(19)24-16(2)21(15)23(27)28-17(3)22(26)25(4)14-18-10-6-5-7-11-18/h5-13,17H,14H2,1-4H3/t17-/m0/s1. The van der Waals surface area contributed by atoms with Crippen LogP contribution < -0.4 is 0 Å². The van der Waals surface area contributed by atoms with E-state index in [4.69, 9.17) is 4.74 Å². The molecule has 0 aliphatic heterocycles. The van der Waals surface area contributed by atoms with Gasteiger partial charge in [-0.3, -0.25) is 9.78 Å². The van der Waals surface area contributed by atoms with Gasteiger partial charge in [-0.1, -0.05) is 48.5 Å². The number of aryl methyl sites for hydroxylation is 2. The van der Waals surface area contributed by atoms with Gasteiger partial charge in [-0.15, -0.1) is 0 Å². The molecule has 5 nitrogen and oxygen atoms in total. The number of nitrogens with zero attached hydrogens (tertiary/aromatic N) is 2. The summed E-state index contributed by atoms with van der Waals surface area (Å²) in [5, 5.41) is 0.903. The van der Waals surface area contributed by atoms with E-state index in [9.17, 15) is 9.59 Å². The summed E-state index contributed by atoms with van der Waals surface area (Å²) in [6.45, 7) is 5.71. The van der Waals surface area contributed by atoms with E-state index in [0.717, 1.165) is 22.0 Å². The summed E-state index contributed by atoms with van der Waals surface area (Å²) in [6.07, 6.45) is -0.883. The second-order valence-electron chi connectivity index (χ2n) is 6.94. The summed E-state index contributed by atoms with van der Waals surface area (Å²) in [5.41, 5.74) is 3.68. The molecule has 0 aliphatic rings. The highest BCUT2D eigenvalue weighted by Gasteiger charge is 2.25. The third kappa shape index (κ3) is 4.03. The van der Waals surface area contributed by atoms with Gasteiger partial charge in [-0.2, -0.15) is 0 Å². The molecule has 0 saturated heterocycles. The highest BCUT2D eigenvalue weighted by molar-refractivity contribution is 5.99. The molecule has 0 saturated carbocycles. The number of carbonyl (C=O) groups is 2. The normalized spacial score (nSPS) is 11.9. The second kappa shape index (κ2) is 8.21.